The van der Waals surface area contributed by atoms with E-state index in [1.54, 1.807) is 0 Å². The van der Waals surface area contributed by atoms with Gasteiger partial charge in [-0.1, -0.05) is 25.4 Å². The van der Waals surface area contributed by atoms with Crippen molar-refractivity contribution in [2.75, 3.05) is 20.1 Å². The molecule has 0 radical (unpaired) electrons. The minimum Gasteiger partial charge on any atom is -0.350 e. The highest BCUT2D eigenvalue weighted by atomic mass is 35.5. The van der Waals surface area contributed by atoms with E-state index in [-0.39, 0.29) is 30.0 Å². The molecule has 1 fully saturated rings. The van der Waals surface area contributed by atoms with E-state index >= 15 is 0 Å². The number of thiophene rings is 1. The van der Waals surface area contributed by atoms with Gasteiger partial charge in [-0.25, -0.2) is 4.68 Å². The van der Waals surface area contributed by atoms with Gasteiger partial charge >= 0.3 is 0 Å². The molecule has 28 heavy (non-hydrogen) atoms. The average molecular weight is 422 g/mol. The van der Waals surface area contributed by atoms with Crippen LogP contribution in [-0.4, -0.2) is 51.2 Å². The number of amides is 1. The summed E-state index contributed by atoms with van der Waals surface area (Å²) in [5, 5.41) is 7.59. The molecule has 1 saturated heterocycles. The number of carbonyl (C=O) groups excluding carboxylic acids is 1. The number of hydrogen-bond acceptors (Lipinski definition) is 5. The quantitative estimate of drug-likeness (QED) is 0.703. The molecule has 0 spiro atoms. The Morgan fingerprint density at radius 2 is 2.18 bits per heavy atom. The van der Waals surface area contributed by atoms with Crippen LogP contribution in [-0.2, 0) is 11.3 Å². The Hall–Kier alpha value is -1.90. The van der Waals surface area contributed by atoms with E-state index in [0.29, 0.717) is 9.85 Å². The van der Waals surface area contributed by atoms with E-state index in [1.807, 2.05) is 30.4 Å². The lowest BCUT2D eigenvalue weighted by molar-refractivity contribution is -0.123. The zero-order valence-corrected chi connectivity index (χ0v) is 17.8. The first-order valence-corrected chi connectivity index (χ1v) is 10.7. The van der Waals surface area contributed by atoms with Crippen molar-refractivity contribution in [1.29, 1.82) is 0 Å². The summed E-state index contributed by atoms with van der Waals surface area (Å²) in [6, 6.07) is 3.82. The fraction of sp³-hybridized carbons (Fsp3) is 0.526. The Bertz CT molecular complexity index is 1100. The summed E-state index contributed by atoms with van der Waals surface area (Å²) in [4.78, 5) is 27.8. The van der Waals surface area contributed by atoms with Gasteiger partial charge in [0, 0.05) is 18.5 Å². The third kappa shape index (κ3) is 3.56. The molecule has 1 amide bonds. The monoisotopic (exact) mass is 421 g/mol. The first-order valence-electron chi connectivity index (χ1n) is 9.53. The largest absolute Gasteiger partial charge is 0.350 e. The van der Waals surface area contributed by atoms with Crippen molar-refractivity contribution >= 4 is 44.6 Å². The summed E-state index contributed by atoms with van der Waals surface area (Å²) < 4.78 is 4.78. The van der Waals surface area contributed by atoms with Crippen LogP contribution < -0.4 is 10.9 Å². The second-order valence-electron chi connectivity index (χ2n) is 7.81. The molecular formula is C19H24ClN5O2S. The van der Waals surface area contributed by atoms with Crippen molar-refractivity contribution in [3.05, 3.63) is 32.6 Å². The van der Waals surface area contributed by atoms with Gasteiger partial charge in [-0.15, -0.1) is 11.3 Å². The van der Waals surface area contributed by atoms with E-state index in [1.165, 1.54) is 16.0 Å². The zero-order valence-electron chi connectivity index (χ0n) is 16.2. The van der Waals surface area contributed by atoms with E-state index in [9.17, 15) is 9.59 Å². The molecule has 4 rings (SSSR count). The number of nitrogens with one attached hydrogen (secondary N) is 1. The van der Waals surface area contributed by atoms with E-state index in [0.717, 1.165) is 42.0 Å². The van der Waals surface area contributed by atoms with E-state index < -0.39 is 0 Å². The van der Waals surface area contributed by atoms with Crippen molar-refractivity contribution in [1.82, 2.24) is 24.4 Å². The standard InChI is InChI=1S/C19H24ClN5O2S/c1-11(2)18-22-24(10-17(26)21-12-5-4-6-23(3)9-12)19(27)14-7-15-13(25(14)18)8-16(20)28-15/h7-8,11-12H,4-6,9-10H2,1-3H3,(H,21,26)/t12-/m0/s1. The molecule has 0 aliphatic carbocycles. The number of nitrogens with zero attached hydrogens (tertiary/aromatic N) is 4. The van der Waals surface area contributed by atoms with Crippen LogP contribution in [0.15, 0.2) is 16.9 Å². The maximum atomic E-state index is 13.0. The van der Waals surface area contributed by atoms with Crippen molar-refractivity contribution in [3.8, 4) is 0 Å². The van der Waals surface area contributed by atoms with Crippen molar-refractivity contribution in [3.63, 3.8) is 0 Å². The third-order valence-electron chi connectivity index (χ3n) is 5.16. The molecule has 1 atom stereocenters. The fourth-order valence-corrected chi connectivity index (χ4v) is 5.05. The lowest BCUT2D eigenvalue weighted by Gasteiger charge is -2.30. The molecule has 7 nitrogen and oxygen atoms in total. The minimum absolute atomic E-state index is 0.0746. The molecule has 1 aliphatic rings. The lowest BCUT2D eigenvalue weighted by atomic mass is 10.1. The number of fused-ring (bicyclic) bond motifs is 3. The van der Waals surface area contributed by atoms with Crippen LogP contribution in [0.2, 0.25) is 4.34 Å². The predicted molar refractivity (Wildman–Crippen MR) is 113 cm³/mol. The number of hydrogen-bond donors (Lipinski definition) is 1. The Labute approximate surface area is 171 Å². The maximum Gasteiger partial charge on any atom is 0.291 e. The number of carbonyl (C=O) groups is 1. The summed E-state index contributed by atoms with van der Waals surface area (Å²) in [5.74, 6) is 0.647. The van der Waals surface area contributed by atoms with Crippen LogP contribution in [0, 0.1) is 0 Å². The first-order chi connectivity index (χ1) is 13.3. The lowest BCUT2D eigenvalue weighted by Crippen LogP contribution is -2.48. The maximum absolute atomic E-state index is 13.0. The minimum atomic E-state index is -0.264. The molecule has 3 aromatic heterocycles. The molecule has 0 unspecified atom stereocenters. The first kappa shape index (κ1) is 19.4. The summed E-state index contributed by atoms with van der Waals surface area (Å²) >= 11 is 7.58. The van der Waals surface area contributed by atoms with Crippen LogP contribution in [0.1, 0.15) is 38.4 Å². The van der Waals surface area contributed by atoms with Crippen LogP contribution in [0.3, 0.4) is 0 Å². The summed E-state index contributed by atoms with van der Waals surface area (Å²) in [6.45, 7) is 5.86. The van der Waals surface area contributed by atoms with Gasteiger partial charge in [-0.05, 0) is 38.6 Å². The van der Waals surface area contributed by atoms with Crippen molar-refractivity contribution in [2.24, 2.45) is 0 Å². The average Bonchev–Trinajstić information content (AvgIpc) is 3.13. The van der Waals surface area contributed by atoms with Crippen LogP contribution in [0.25, 0.3) is 15.7 Å². The molecule has 0 aromatic carbocycles. The Morgan fingerprint density at radius 3 is 2.89 bits per heavy atom. The van der Waals surface area contributed by atoms with Gasteiger partial charge in [0.2, 0.25) is 5.91 Å². The number of likely N-dealkylation sites (N-methyl/N-ethyl adjacent to an activating group) is 1. The van der Waals surface area contributed by atoms with Gasteiger partial charge < -0.3 is 10.2 Å². The molecule has 3 aromatic rings. The molecular weight excluding hydrogens is 398 g/mol. The number of likely N-dealkylation sites (tertiary alicyclic amines) is 1. The van der Waals surface area contributed by atoms with Crippen molar-refractivity contribution < 1.29 is 4.79 Å². The summed E-state index contributed by atoms with van der Waals surface area (Å²) in [6.07, 6.45) is 2.02. The normalized spacial score (nSPS) is 18.4. The van der Waals surface area contributed by atoms with Crippen LogP contribution in [0.4, 0.5) is 0 Å². The Kier molecular flexibility index (Phi) is 5.20. The second-order valence-corrected chi connectivity index (χ2v) is 9.52. The molecule has 150 valence electrons. The van der Waals surface area contributed by atoms with Gasteiger partial charge in [-0.2, -0.15) is 5.10 Å². The molecule has 0 saturated carbocycles. The second kappa shape index (κ2) is 7.50. The molecule has 1 aliphatic heterocycles. The number of halogens is 1. The van der Waals surface area contributed by atoms with Gasteiger partial charge in [0.05, 0.1) is 14.6 Å². The fourth-order valence-electron chi connectivity index (χ4n) is 3.89. The molecule has 1 N–H and O–H groups in total. The topological polar surface area (TPSA) is 71.6 Å². The smallest absolute Gasteiger partial charge is 0.291 e. The van der Waals surface area contributed by atoms with Crippen LogP contribution >= 0.6 is 22.9 Å². The van der Waals surface area contributed by atoms with Gasteiger partial charge in [0.15, 0.2) is 0 Å². The van der Waals surface area contributed by atoms with Crippen molar-refractivity contribution in [2.45, 2.75) is 45.2 Å². The molecule has 9 heteroatoms. The Balaban J connectivity index is 1.68. The van der Waals surface area contributed by atoms with Crippen LogP contribution in [0.5, 0.6) is 0 Å². The third-order valence-corrected chi connectivity index (χ3v) is 6.37. The van der Waals surface area contributed by atoms with Gasteiger partial charge in [0.25, 0.3) is 5.56 Å². The van der Waals surface area contributed by atoms with E-state index in [4.69, 9.17) is 11.6 Å². The number of piperidine rings is 1. The zero-order chi connectivity index (χ0) is 20.0. The highest BCUT2D eigenvalue weighted by molar-refractivity contribution is 7.22. The highest BCUT2D eigenvalue weighted by Gasteiger charge is 2.22. The number of aromatic nitrogens is 3. The molecule has 0 bridgehead atoms. The molecule has 4 heterocycles. The SMILES string of the molecule is CC(C)c1nn(CC(=O)N[C@H]2CCCN(C)C2)c(=O)c2cc3sc(Cl)cc3n12. The predicted octanol–water partition coefficient (Wildman–Crippen LogP) is 2.70. The Morgan fingerprint density at radius 1 is 1.39 bits per heavy atom. The summed E-state index contributed by atoms with van der Waals surface area (Å²) in [7, 11) is 2.05. The van der Waals surface area contributed by atoms with E-state index in [2.05, 4.69) is 22.4 Å². The van der Waals surface area contributed by atoms with Gasteiger partial charge in [0.1, 0.15) is 17.9 Å². The van der Waals surface area contributed by atoms with Gasteiger partial charge in [-0.3, -0.25) is 14.0 Å². The number of rotatable bonds is 4. The highest BCUT2D eigenvalue weighted by Crippen LogP contribution is 2.32. The summed E-state index contributed by atoms with van der Waals surface area (Å²) in [5.41, 5.74) is 1.15.